The minimum Gasteiger partial charge on any atom is -0.393 e. The van der Waals surface area contributed by atoms with E-state index in [4.69, 9.17) is 4.99 Å². The fraction of sp³-hybridized carbons (Fsp3) is 0.696. The predicted octanol–water partition coefficient (Wildman–Crippen LogP) is 3.52. The highest BCUT2D eigenvalue weighted by Crippen LogP contribution is 2.14. The lowest BCUT2D eigenvalue weighted by Gasteiger charge is -2.29. The number of likely N-dealkylation sites (tertiary alicyclic amines) is 1. The van der Waals surface area contributed by atoms with Crippen molar-refractivity contribution in [2.24, 2.45) is 10.9 Å². The molecule has 158 valence electrons. The van der Waals surface area contributed by atoms with E-state index < -0.39 is 0 Å². The van der Waals surface area contributed by atoms with Gasteiger partial charge < -0.3 is 15.7 Å². The molecule has 1 fully saturated rings. The van der Waals surface area contributed by atoms with Gasteiger partial charge in [0.2, 0.25) is 0 Å². The SMILES string of the molecule is CCNC(=NCc1ccc(CN2CCC(O)CC2)cc1)NCCCCC(C)C. The van der Waals surface area contributed by atoms with Crippen LogP contribution in [-0.2, 0) is 13.1 Å². The molecule has 1 aliphatic heterocycles. The van der Waals surface area contributed by atoms with Gasteiger partial charge in [0.1, 0.15) is 0 Å². The molecule has 0 atom stereocenters. The minimum absolute atomic E-state index is 0.105. The Labute approximate surface area is 171 Å². The topological polar surface area (TPSA) is 59.9 Å². The van der Waals surface area contributed by atoms with Crippen LogP contribution in [-0.4, -0.2) is 48.2 Å². The van der Waals surface area contributed by atoms with Gasteiger partial charge in [0, 0.05) is 32.7 Å². The molecule has 5 nitrogen and oxygen atoms in total. The van der Waals surface area contributed by atoms with E-state index in [1.54, 1.807) is 0 Å². The molecule has 5 heteroatoms. The van der Waals surface area contributed by atoms with Crippen LogP contribution in [0.4, 0.5) is 0 Å². The zero-order valence-electron chi connectivity index (χ0n) is 18.1. The minimum atomic E-state index is -0.105. The van der Waals surface area contributed by atoms with Crippen molar-refractivity contribution in [3.05, 3.63) is 35.4 Å². The first kappa shape index (κ1) is 22.7. The number of piperidine rings is 1. The molecule has 28 heavy (non-hydrogen) atoms. The number of rotatable bonds is 10. The largest absolute Gasteiger partial charge is 0.393 e. The summed E-state index contributed by atoms with van der Waals surface area (Å²) < 4.78 is 0. The van der Waals surface area contributed by atoms with Crippen molar-refractivity contribution in [1.82, 2.24) is 15.5 Å². The molecule has 0 bridgehead atoms. The molecule has 0 saturated carbocycles. The summed E-state index contributed by atoms with van der Waals surface area (Å²) in [6, 6.07) is 8.79. The highest BCUT2D eigenvalue weighted by molar-refractivity contribution is 5.79. The number of benzene rings is 1. The Kier molecular flexibility index (Phi) is 10.4. The van der Waals surface area contributed by atoms with Gasteiger partial charge in [-0.2, -0.15) is 0 Å². The van der Waals surface area contributed by atoms with Crippen LogP contribution in [0.3, 0.4) is 0 Å². The first-order valence-electron chi connectivity index (χ1n) is 11.1. The van der Waals surface area contributed by atoms with E-state index >= 15 is 0 Å². The summed E-state index contributed by atoms with van der Waals surface area (Å²) in [6.45, 7) is 12.1. The number of nitrogens with one attached hydrogen (secondary N) is 2. The summed E-state index contributed by atoms with van der Waals surface area (Å²) >= 11 is 0. The van der Waals surface area contributed by atoms with Crippen molar-refractivity contribution in [3.8, 4) is 0 Å². The van der Waals surface area contributed by atoms with E-state index in [1.807, 2.05) is 0 Å². The summed E-state index contributed by atoms with van der Waals surface area (Å²) in [4.78, 5) is 7.15. The lowest BCUT2D eigenvalue weighted by molar-refractivity contribution is 0.0792. The highest BCUT2D eigenvalue weighted by atomic mass is 16.3. The normalized spacial score (nSPS) is 16.5. The number of nitrogens with zero attached hydrogens (tertiary/aromatic N) is 2. The van der Waals surface area contributed by atoms with Gasteiger partial charge in [-0.15, -0.1) is 0 Å². The van der Waals surface area contributed by atoms with Crippen LogP contribution in [0.1, 0.15) is 64.0 Å². The van der Waals surface area contributed by atoms with Crippen molar-refractivity contribution in [3.63, 3.8) is 0 Å². The van der Waals surface area contributed by atoms with E-state index in [2.05, 4.69) is 60.6 Å². The smallest absolute Gasteiger partial charge is 0.191 e. The molecule has 1 aliphatic rings. The fourth-order valence-electron chi connectivity index (χ4n) is 3.48. The monoisotopic (exact) mass is 388 g/mol. The molecule has 1 heterocycles. The Morgan fingerprint density at radius 2 is 1.79 bits per heavy atom. The van der Waals surface area contributed by atoms with Crippen LogP contribution < -0.4 is 10.6 Å². The van der Waals surface area contributed by atoms with Gasteiger partial charge in [-0.25, -0.2) is 4.99 Å². The molecule has 0 amide bonds. The van der Waals surface area contributed by atoms with Gasteiger partial charge in [0.15, 0.2) is 5.96 Å². The highest BCUT2D eigenvalue weighted by Gasteiger charge is 2.16. The van der Waals surface area contributed by atoms with Crippen molar-refractivity contribution < 1.29 is 5.11 Å². The third-order valence-electron chi connectivity index (χ3n) is 5.25. The Morgan fingerprint density at radius 3 is 2.43 bits per heavy atom. The second-order valence-corrected chi connectivity index (χ2v) is 8.34. The maximum atomic E-state index is 9.62. The van der Waals surface area contributed by atoms with Gasteiger partial charge >= 0.3 is 0 Å². The number of guanidine groups is 1. The predicted molar refractivity (Wildman–Crippen MR) is 118 cm³/mol. The quantitative estimate of drug-likeness (QED) is 0.326. The van der Waals surface area contributed by atoms with Gasteiger partial charge in [-0.05, 0) is 43.2 Å². The van der Waals surface area contributed by atoms with Gasteiger partial charge in [-0.1, -0.05) is 51.0 Å². The summed E-state index contributed by atoms with van der Waals surface area (Å²) in [5.41, 5.74) is 2.56. The Balaban J connectivity index is 1.76. The second-order valence-electron chi connectivity index (χ2n) is 8.34. The lowest BCUT2D eigenvalue weighted by Crippen LogP contribution is -2.37. The van der Waals surface area contributed by atoms with Crippen molar-refractivity contribution >= 4 is 5.96 Å². The van der Waals surface area contributed by atoms with Gasteiger partial charge in [-0.3, -0.25) is 4.90 Å². The van der Waals surface area contributed by atoms with Crippen molar-refractivity contribution in [1.29, 1.82) is 0 Å². The molecule has 0 aromatic heterocycles. The maximum absolute atomic E-state index is 9.62. The Hall–Kier alpha value is -1.59. The van der Waals surface area contributed by atoms with Gasteiger partial charge in [0.25, 0.3) is 0 Å². The number of aliphatic hydroxyl groups excluding tert-OH is 1. The number of hydrogen-bond donors (Lipinski definition) is 3. The lowest BCUT2D eigenvalue weighted by atomic mass is 10.1. The average Bonchev–Trinajstić information content (AvgIpc) is 2.68. The van der Waals surface area contributed by atoms with E-state index in [0.29, 0.717) is 6.54 Å². The zero-order chi connectivity index (χ0) is 20.2. The standard InChI is InChI=1S/C23H40N4O/c1-4-24-23(25-14-6-5-7-19(2)3)26-17-20-8-10-21(11-9-20)18-27-15-12-22(28)13-16-27/h8-11,19,22,28H,4-7,12-18H2,1-3H3,(H2,24,25,26). The van der Waals surface area contributed by atoms with Gasteiger partial charge in [0.05, 0.1) is 12.6 Å². The molecule has 1 aromatic carbocycles. The molecule has 0 unspecified atom stereocenters. The van der Waals surface area contributed by atoms with Crippen LogP contribution in [0.15, 0.2) is 29.3 Å². The molecular weight excluding hydrogens is 348 g/mol. The van der Waals surface area contributed by atoms with Crippen LogP contribution in [0, 0.1) is 5.92 Å². The number of aliphatic imine (C=N–C) groups is 1. The molecule has 0 aliphatic carbocycles. The first-order chi connectivity index (χ1) is 13.6. The molecule has 3 N–H and O–H groups in total. The van der Waals surface area contributed by atoms with Crippen molar-refractivity contribution in [2.75, 3.05) is 26.2 Å². The van der Waals surface area contributed by atoms with Crippen LogP contribution in [0.25, 0.3) is 0 Å². The average molecular weight is 389 g/mol. The van der Waals surface area contributed by atoms with Crippen LogP contribution in [0.5, 0.6) is 0 Å². The van der Waals surface area contributed by atoms with Crippen molar-refractivity contribution in [2.45, 2.75) is 72.1 Å². The Bertz CT molecular complexity index is 562. The van der Waals surface area contributed by atoms with E-state index in [9.17, 15) is 5.11 Å². The Morgan fingerprint density at radius 1 is 1.11 bits per heavy atom. The molecular formula is C23H40N4O. The zero-order valence-corrected chi connectivity index (χ0v) is 18.1. The maximum Gasteiger partial charge on any atom is 0.191 e. The van der Waals surface area contributed by atoms with E-state index in [-0.39, 0.29) is 6.10 Å². The van der Waals surface area contributed by atoms with Crippen LogP contribution >= 0.6 is 0 Å². The summed E-state index contributed by atoms with van der Waals surface area (Å²) in [5.74, 6) is 1.69. The molecule has 0 radical (unpaired) electrons. The first-order valence-corrected chi connectivity index (χ1v) is 11.1. The molecule has 2 rings (SSSR count). The fourth-order valence-corrected chi connectivity index (χ4v) is 3.48. The van der Waals surface area contributed by atoms with Crippen LogP contribution in [0.2, 0.25) is 0 Å². The van der Waals surface area contributed by atoms with E-state index in [0.717, 1.165) is 57.4 Å². The summed E-state index contributed by atoms with van der Waals surface area (Å²) in [5, 5.41) is 16.4. The molecule has 1 aromatic rings. The number of unbranched alkanes of at least 4 members (excludes halogenated alkanes) is 1. The summed E-state index contributed by atoms with van der Waals surface area (Å²) in [6.07, 6.45) is 5.42. The third-order valence-corrected chi connectivity index (χ3v) is 5.25. The number of hydrogen-bond acceptors (Lipinski definition) is 3. The molecule has 1 saturated heterocycles. The van der Waals surface area contributed by atoms with E-state index in [1.165, 1.54) is 30.4 Å². The number of aliphatic hydroxyl groups is 1. The molecule has 0 spiro atoms. The summed E-state index contributed by atoms with van der Waals surface area (Å²) in [7, 11) is 0. The second kappa shape index (κ2) is 12.8. The third kappa shape index (κ3) is 9.07.